The molecule has 0 fully saturated rings. The number of nitrogens with zero attached hydrogens (tertiary/aromatic N) is 1. The number of likely N-dealkylation sites (N-methyl/N-ethyl adjacent to an activating group) is 1. The van der Waals surface area contributed by atoms with E-state index in [2.05, 4.69) is 0 Å². The Kier molecular flexibility index (Phi) is 2.62. The Morgan fingerprint density at radius 3 is 2.90 bits per heavy atom. The number of benzene rings is 1. The summed E-state index contributed by atoms with van der Waals surface area (Å²) in [5.41, 5.74) is -2.14. The molecule has 0 bridgehead atoms. The fourth-order valence-electron chi connectivity index (χ4n) is 1.77. The van der Waals surface area contributed by atoms with Crippen LogP contribution in [0.25, 0.3) is 10.9 Å². The van der Waals surface area contributed by atoms with Crippen LogP contribution in [0, 0.1) is 0 Å². The zero-order valence-electron chi connectivity index (χ0n) is 17.6. The van der Waals surface area contributed by atoms with Gasteiger partial charge >= 0.3 is 0 Å². The topological polar surface area (TPSA) is 65.2 Å². The summed E-state index contributed by atoms with van der Waals surface area (Å²) in [6.45, 7) is -1.70. The molecule has 0 atom stereocenters. The Morgan fingerprint density at radius 2 is 2.25 bits per heavy atom. The second-order valence-electron chi connectivity index (χ2n) is 4.50. The number of sulfonamides is 1. The number of aryl methyl sites for hydroxylation is 1. The smallest absolute Gasteiger partial charge is 0.215 e. The van der Waals surface area contributed by atoms with Crippen molar-refractivity contribution in [2.45, 2.75) is 12.1 Å². The first-order valence-electron chi connectivity index (χ1n) is 8.90. The van der Waals surface area contributed by atoms with E-state index in [4.69, 9.17) is 8.31 Å². The van der Waals surface area contributed by atoms with E-state index < -0.39 is 22.2 Å². The minimum atomic E-state index is -4.56. The average Bonchev–Trinajstić information content (AvgIpc) is 2.82. The first kappa shape index (κ1) is 8.81. The molecule has 0 spiro atoms. The van der Waals surface area contributed by atoms with Crippen molar-refractivity contribution in [3.05, 3.63) is 35.5 Å². The van der Waals surface area contributed by atoms with Gasteiger partial charge in [-0.1, -0.05) is 6.07 Å². The van der Waals surface area contributed by atoms with Gasteiger partial charge in [-0.2, -0.15) is 0 Å². The molecule has 0 aliphatic carbocycles. The number of nitrogens with one attached hydrogen (secondary N) is 2. The molecule has 0 radical (unpaired) electrons. The maximum atomic E-state index is 12.2. The Bertz CT molecular complexity index is 924. The summed E-state index contributed by atoms with van der Waals surface area (Å²) < 4.78 is 71.7. The Balaban J connectivity index is 2.63. The van der Waals surface area contributed by atoms with Crippen LogP contribution in [0.15, 0.2) is 24.4 Å². The highest BCUT2D eigenvalue weighted by Crippen LogP contribution is 2.21. The molecule has 1 aromatic carbocycles. The van der Waals surface area contributed by atoms with E-state index >= 15 is 0 Å². The summed E-state index contributed by atoms with van der Waals surface area (Å²) in [6, 6.07) is 3.99. The standard InChI is InChI=1S/C14H21N3O2S/c1-15-20(18,19)10-11-4-5-14-13(8-11)12(9-16-14)6-7-17(2)3/h4-5,8-9,15-16H,6-7,10H2,1-3H3/i7D2,10D2/hD2. The molecule has 0 aliphatic heterocycles. The molecular weight excluding hydrogens is 274 g/mol. The van der Waals surface area contributed by atoms with Crippen molar-refractivity contribution in [1.29, 1.82) is 0 Å². The van der Waals surface area contributed by atoms with Crippen LogP contribution in [0.1, 0.15) is 16.6 Å². The van der Waals surface area contributed by atoms with Crippen molar-refractivity contribution in [2.24, 2.45) is 0 Å². The molecule has 6 heteroatoms. The molecule has 0 saturated carbocycles. The fraction of sp³-hybridized carbons (Fsp3) is 0.429. The van der Waals surface area contributed by atoms with Gasteiger partial charge in [0.25, 0.3) is 0 Å². The normalized spacial score (nSPS) is 18.4. The largest absolute Gasteiger partial charge is 0.361 e. The van der Waals surface area contributed by atoms with E-state index in [-0.39, 0.29) is 16.7 Å². The maximum absolute atomic E-state index is 12.2. The predicted octanol–water partition coefficient (Wildman–Crippen LogP) is 1.32. The van der Waals surface area contributed by atoms with E-state index in [0.29, 0.717) is 16.5 Å². The lowest BCUT2D eigenvalue weighted by Crippen LogP contribution is -2.20. The van der Waals surface area contributed by atoms with Gasteiger partial charge in [0.05, 0.1) is 5.70 Å². The number of hydrogen-bond acceptors (Lipinski definition) is 3. The van der Waals surface area contributed by atoms with Crippen molar-refractivity contribution in [3.8, 4) is 0 Å². The summed E-state index contributed by atoms with van der Waals surface area (Å²) in [5.74, 6) is 0. The van der Waals surface area contributed by atoms with Crippen LogP contribution in [0.2, 0.25) is 2.82 Å². The van der Waals surface area contributed by atoms with E-state index in [0.717, 1.165) is 12.0 Å². The summed E-state index contributed by atoms with van der Waals surface area (Å²) in [7, 11) is -0.454. The third-order valence-corrected chi connectivity index (χ3v) is 3.75. The molecule has 5 nitrogen and oxygen atoms in total. The Morgan fingerprint density at radius 1 is 1.50 bits per heavy atom. The molecule has 2 rings (SSSR count). The van der Waals surface area contributed by atoms with Crippen LogP contribution in [-0.4, -0.2) is 45.9 Å². The molecule has 110 valence electrons. The van der Waals surface area contributed by atoms with E-state index in [9.17, 15) is 8.42 Å². The van der Waals surface area contributed by atoms with Crippen LogP contribution >= 0.6 is 0 Å². The van der Waals surface area contributed by atoms with Gasteiger partial charge in [-0.15, -0.1) is 0 Å². The van der Waals surface area contributed by atoms with E-state index in [1.54, 1.807) is 14.1 Å². The van der Waals surface area contributed by atoms with Crippen LogP contribution in [0.4, 0.5) is 0 Å². The second kappa shape index (κ2) is 5.95. The number of rotatable bonds is 6. The first-order valence-corrected chi connectivity index (χ1v) is 7.44. The van der Waals surface area contributed by atoms with Crippen molar-refractivity contribution in [2.75, 3.05) is 27.6 Å². The quantitative estimate of drug-likeness (QED) is 0.846. The Hall–Kier alpha value is -1.37. The highest BCUT2D eigenvalue weighted by molar-refractivity contribution is 7.88. The molecule has 0 aliphatic rings. The van der Waals surface area contributed by atoms with Crippen molar-refractivity contribution in [1.82, 2.24) is 14.6 Å². The maximum Gasteiger partial charge on any atom is 0.215 e. The zero-order chi connectivity index (χ0) is 20.1. The molecule has 0 amide bonds. The fourth-order valence-corrected chi connectivity index (χ4v) is 2.28. The van der Waals surface area contributed by atoms with Gasteiger partial charge in [-0.05, 0) is 50.8 Å². The van der Waals surface area contributed by atoms with Crippen LogP contribution < -0.4 is 4.72 Å². The van der Waals surface area contributed by atoms with Crippen LogP contribution in [0.5, 0.6) is 0 Å². The first-order chi connectivity index (χ1) is 11.7. The molecule has 20 heavy (non-hydrogen) atoms. The van der Waals surface area contributed by atoms with E-state index in [1.807, 2.05) is 0 Å². The minimum Gasteiger partial charge on any atom is -0.361 e. The molecule has 0 saturated heterocycles. The van der Waals surface area contributed by atoms with Crippen molar-refractivity contribution in [3.63, 3.8) is 0 Å². The van der Waals surface area contributed by atoms with Crippen LogP contribution in [-0.2, 0) is 22.1 Å². The second-order valence-corrected chi connectivity index (χ2v) is 6.02. The zero-order valence-corrected chi connectivity index (χ0v) is 12.4. The van der Waals surface area contributed by atoms with Gasteiger partial charge < -0.3 is 9.88 Å². The van der Waals surface area contributed by atoms with Gasteiger partial charge in [0.15, 0.2) is 1.41 Å². The van der Waals surface area contributed by atoms with Crippen molar-refractivity contribution >= 4 is 20.9 Å². The number of H-pyrrole nitrogens is 1. The van der Waals surface area contributed by atoms with Gasteiger partial charge in [-0.3, -0.25) is 0 Å². The third-order valence-electron chi connectivity index (χ3n) is 2.77. The number of aromatic nitrogens is 1. The average molecular weight is 301 g/mol. The SMILES string of the molecule is [2H]N(C)S(=O)(=O)C([2H])([2H])c1ccc2c(c1)c(CC([2H])([2H])N(C)C)cn2[2H]. The number of fused-ring (bicyclic) bond motifs is 1. The van der Waals surface area contributed by atoms with Crippen molar-refractivity contribution < 1.29 is 16.7 Å². The lowest BCUT2D eigenvalue weighted by atomic mass is 10.1. The predicted molar refractivity (Wildman–Crippen MR) is 82.2 cm³/mol. The lowest BCUT2D eigenvalue weighted by Gasteiger charge is -2.08. The van der Waals surface area contributed by atoms with Gasteiger partial charge in [0, 0.05) is 29.1 Å². The number of aromatic amines is 1. The summed E-state index contributed by atoms with van der Waals surface area (Å²) >= 11 is 0. The lowest BCUT2D eigenvalue weighted by molar-refractivity contribution is 0.414. The molecule has 2 aromatic rings. The van der Waals surface area contributed by atoms with Gasteiger partial charge in [-0.25, -0.2) is 13.1 Å². The number of hydrogen-bond donors (Lipinski definition) is 2. The minimum absolute atomic E-state index is 0.0556. The van der Waals surface area contributed by atoms with Gasteiger partial charge in [0.2, 0.25) is 10.0 Å². The van der Waals surface area contributed by atoms with Gasteiger partial charge in [0.1, 0.15) is 1.41 Å². The molecule has 1 aromatic heterocycles. The highest BCUT2D eigenvalue weighted by atomic mass is 32.2. The Labute approximate surface area is 128 Å². The summed E-state index contributed by atoms with van der Waals surface area (Å²) in [5, 5.41) is 0.398. The van der Waals surface area contributed by atoms with Crippen LogP contribution in [0.3, 0.4) is 0 Å². The summed E-state index contributed by atoms with van der Waals surface area (Å²) in [4.78, 5) is 2.43. The molecule has 0 unspecified atom stereocenters. The summed E-state index contributed by atoms with van der Waals surface area (Å²) in [6.07, 6.45) is 1.37. The third kappa shape index (κ3) is 3.59. The molecule has 2 N–H and O–H groups in total. The van der Waals surface area contributed by atoms with E-state index in [1.165, 1.54) is 29.3 Å². The molecule has 1 heterocycles. The molecular formula is C14H21N3O2S. The monoisotopic (exact) mass is 301 g/mol. The highest BCUT2D eigenvalue weighted by Gasteiger charge is 2.11.